The van der Waals surface area contributed by atoms with Crippen molar-refractivity contribution in [3.63, 3.8) is 0 Å². The van der Waals surface area contributed by atoms with E-state index in [4.69, 9.17) is 5.10 Å². The van der Waals surface area contributed by atoms with Gasteiger partial charge in [-0.3, -0.25) is 9.59 Å². The van der Waals surface area contributed by atoms with Crippen molar-refractivity contribution in [2.24, 2.45) is 0 Å². The van der Waals surface area contributed by atoms with Crippen molar-refractivity contribution in [1.29, 1.82) is 0 Å². The van der Waals surface area contributed by atoms with Crippen LogP contribution < -0.4 is 15.5 Å². The number of nitrogens with zero attached hydrogens (tertiary/aromatic N) is 2. The molecule has 1 atom stereocenters. The largest absolute Gasteiger partial charge is 0.348 e. The van der Waals surface area contributed by atoms with Crippen molar-refractivity contribution in [2.45, 2.75) is 25.8 Å². The Morgan fingerprint density at radius 3 is 2.39 bits per heavy atom. The summed E-state index contributed by atoms with van der Waals surface area (Å²) in [5.41, 5.74) is 3.80. The van der Waals surface area contributed by atoms with Crippen LogP contribution in [0.1, 0.15) is 18.4 Å². The van der Waals surface area contributed by atoms with E-state index in [1.165, 1.54) is 5.56 Å². The molecule has 0 saturated heterocycles. The third-order valence-corrected chi connectivity index (χ3v) is 5.19. The van der Waals surface area contributed by atoms with Crippen LogP contribution >= 0.6 is 0 Å². The van der Waals surface area contributed by atoms with E-state index in [1.807, 2.05) is 74.6 Å². The second-order valence-electron chi connectivity index (χ2n) is 8.23. The summed E-state index contributed by atoms with van der Waals surface area (Å²) in [6, 6.07) is 20.0. The number of benzene rings is 2. The molecule has 1 unspecified atom stereocenters. The highest BCUT2D eigenvalue weighted by atomic mass is 16.2. The molecule has 1 fully saturated rings. The summed E-state index contributed by atoms with van der Waals surface area (Å²) in [5.74, 6) is 0.426. The number of hydrogen-bond acceptors (Lipinski definition) is 3. The molecule has 2 amide bonds. The topological polar surface area (TPSA) is 80.5 Å². The van der Waals surface area contributed by atoms with Gasteiger partial charge in [-0.2, -0.15) is 5.10 Å². The summed E-state index contributed by atoms with van der Waals surface area (Å²) < 4.78 is 1.74. The Labute approximate surface area is 182 Å². The number of quaternary nitrogens is 1. The molecule has 3 aromatic rings. The molecule has 0 spiro atoms. The Balaban J connectivity index is 1.49. The lowest BCUT2D eigenvalue weighted by molar-refractivity contribution is -0.862. The van der Waals surface area contributed by atoms with Crippen molar-refractivity contribution in [2.75, 3.05) is 25.5 Å². The summed E-state index contributed by atoms with van der Waals surface area (Å²) >= 11 is 0. The van der Waals surface area contributed by atoms with Gasteiger partial charge in [0.2, 0.25) is 0 Å². The summed E-state index contributed by atoms with van der Waals surface area (Å²) in [5, 5.41) is 10.7. The number of carbonyl (C=O) groups is 2. The lowest BCUT2D eigenvalue weighted by Crippen LogP contribution is -3.11. The fourth-order valence-electron chi connectivity index (χ4n) is 3.41. The zero-order chi connectivity index (χ0) is 21.8. The molecule has 1 saturated carbocycles. The van der Waals surface area contributed by atoms with E-state index in [9.17, 15) is 9.59 Å². The SMILES string of the molecule is Cc1ccc(-c2cc(NC(=O)C[NH+](C)CC(=O)NC3CC3)n(-c3ccccc3)n2)cc1. The Hall–Kier alpha value is -3.45. The Morgan fingerprint density at radius 2 is 1.71 bits per heavy atom. The van der Waals surface area contributed by atoms with Gasteiger partial charge < -0.3 is 15.5 Å². The van der Waals surface area contributed by atoms with Crippen LogP contribution in [0.15, 0.2) is 60.7 Å². The lowest BCUT2D eigenvalue weighted by atomic mass is 10.1. The second kappa shape index (κ2) is 9.14. The summed E-state index contributed by atoms with van der Waals surface area (Å²) in [4.78, 5) is 25.5. The van der Waals surface area contributed by atoms with Gasteiger partial charge in [-0.25, -0.2) is 4.68 Å². The van der Waals surface area contributed by atoms with E-state index in [1.54, 1.807) is 4.68 Å². The average molecular weight is 419 g/mol. The minimum atomic E-state index is -0.163. The van der Waals surface area contributed by atoms with E-state index >= 15 is 0 Å². The molecule has 3 N–H and O–H groups in total. The van der Waals surface area contributed by atoms with E-state index in [-0.39, 0.29) is 24.9 Å². The molecule has 0 radical (unpaired) electrons. The minimum Gasteiger partial charge on any atom is -0.348 e. The number of anilines is 1. The van der Waals surface area contributed by atoms with Crippen molar-refractivity contribution < 1.29 is 14.5 Å². The fraction of sp³-hybridized carbons (Fsp3) is 0.292. The maximum absolute atomic E-state index is 12.7. The molecule has 160 valence electrons. The molecule has 1 aromatic heterocycles. The Morgan fingerprint density at radius 1 is 1.03 bits per heavy atom. The highest BCUT2D eigenvalue weighted by Crippen LogP contribution is 2.25. The van der Waals surface area contributed by atoms with Gasteiger partial charge in [0.05, 0.1) is 18.4 Å². The van der Waals surface area contributed by atoms with E-state index < -0.39 is 0 Å². The fourth-order valence-corrected chi connectivity index (χ4v) is 3.41. The molecule has 4 rings (SSSR count). The number of nitrogens with one attached hydrogen (secondary N) is 3. The smallest absolute Gasteiger partial charge is 0.280 e. The maximum Gasteiger partial charge on any atom is 0.280 e. The maximum atomic E-state index is 12.7. The molecular formula is C24H28N5O2+. The number of para-hydroxylation sites is 1. The van der Waals surface area contributed by atoms with Gasteiger partial charge in [-0.05, 0) is 31.9 Å². The number of amides is 2. The number of carbonyl (C=O) groups excluding carboxylic acids is 2. The standard InChI is InChI=1S/C24H27N5O2/c1-17-8-10-18(11-9-17)21-14-22(29(27-21)20-6-4-3-5-7-20)26-24(31)16-28(2)15-23(30)25-19-12-13-19/h3-11,14,19H,12-13,15-16H2,1-2H3,(H,25,30)(H,26,31)/p+1. The summed E-state index contributed by atoms with van der Waals surface area (Å²) in [6.45, 7) is 2.51. The number of hydrogen-bond donors (Lipinski definition) is 3. The average Bonchev–Trinajstić information content (AvgIpc) is 3.45. The third kappa shape index (κ3) is 5.58. The first kappa shape index (κ1) is 20.8. The van der Waals surface area contributed by atoms with Gasteiger partial charge in [0.1, 0.15) is 5.82 Å². The number of likely N-dealkylation sites (N-methyl/N-ethyl adjacent to an activating group) is 1. The van der Waals surface area contributed by atoms with Gasteiger partial charge in [-0.1, -0.05) is 48.0 Å². The van der Waals surface area contributed by atoms with Gasteiger partial charge in [-0.15, -0.1) is 0 Å². The zero-order valence-electron chi connectivity index (χ0n) is 17.9. The second-order valence-corrected chi connectivity index (χ2v) is 8.23. The molecule has 2 aromatic carbocycles. The van der Waals surface area contributed by atoms with Crippen LogP contribution in [0, 0.1) is 6.92 Å². The Kier molecular flexibility index (Phi) is 6.13. The monoisotopic (exact) mass is 418 g/mol. The zero-order valence-corrected chi connectivity index (χ0v) is 17.9. The minimum absolute atomic E-state index is 0.0104. The highest BCUT2D eigenvalue weighted by molar-refractivity contribution is 5.91. The van der Waals surface area contributed by atoms with Crippen molar-refractivity contribution >= 4 is 17.6 Å². The predicted molar refractivity (Wildman–Crippen MR) is 120 cm³/mol. The van der Waals surface area contributed by atoms with Gasteiger partial charge in [0.15, 0.2) is 13.1 Å². The first-order valence-electron chi connectivity index (χ1n) is 10.6. The predicted octanol–water partition coefficient (Wildman–Crippen LogP) is 1.58. The number of aromatic nitrogens is 2. The van der Waals surface area contributed by atoms with Gasteiger partial charge >= 0.3 is 0 Å². The van der Waals surface area contributed by atoms with Crippen molar-refractivity contribution in [3.05, 3.63) is 66.2 Å². The first-order valence-corrected chi connectivity index (χ1v) is 10.6. The van der Waals surface area contributed by atoms with Crippen molar-refractivity contribution in [3.8, 4) is 16.9 Å². The van der Waals surface area contributed by atoms with Crippen LogP contribution in [-0.4, -0.2) is 47.8 Å². The van der Waals surface area contributed by atoms with Gasteiger partial charge in [0, 0.05) is 17.7 Å². The summed E-state index contributed by atoms with van der Waals surface area (Å²) in [6.07, 6.45) is 2.11. The molecule has 1 aliphatic carbocycles. The molecule has 0 aliphatic heterocycles. The van der Waals surface area contributed by atoms with Crippen molar-refractivity contribution in [1.82, 2.24) is 15.1 Å². The molecule has 1 heterocycles. The van der Waals surface area contributed by atoms with Crippen LogP contribution in [0.2, 0.25) is 0 Å². The number of aryl methyl sites for hydroxylation is 1. The van der Waals surface area contributed by atoms with E-state index in [2.05, 4.69) is 10.6 Å². The molecular weight excluding hydrogens is 390 g/mol. The van der Waals surface area contributed by atoms with Crippen LogP contribution in [0.3, 0.4) is 0 Å². The molecule has 7 nitrogen and oxygen atoms in total. The van der Waals surface area contributed by atoms with Crippen LogP contribution in [0.25, 0.3) is 16.9 Å². The molecule has 0 bridgehead atoms. The normalized spacial score (nSPS) is 14.1. The molecule has 7 heteroatoms. The summed E-state index contributed by atoms with van der Waals surface area (Å²) in [7, 11) is 1.85. The van der Waals surface area contributed by atoms with E-state index in [0.717, 1.165) is 34.7 Å². The third-order valence-electron chi connectivity index (χ3n) is 5.19. The van der Waals surface area contributed by atoms with Crippen LogP contribution in [0.4, 0.5) is 5.82 Å². The Bertz CT molecular complexity index is 1060. The quantitative estimate of drug-likeness (QED) is 0.520. The number of rotatable bonds is 8. The van der Waals surface area contributed by atoms with Gasteiger partial charge in [0.25, 0.3) is 11.8 Å². The molecule has 31 heavy (non-hydrogen) atoms. The van der Waals surface area contributed by atoms with Crippen LogP contribution in [-0.2, 0) is 9.59 Å². The van der Waals surface area contributed by atoms with E-state index in [0.29, 0.717) is 11.9 Å². The molecule has 1 aliphatic rings. The lowest BCUT2D eigenvalue weighted by Gasteiger charge is -2.14. The highest BCUT2D eigenvalue weighted by Gasteiger charge is 2.25. The van der Waals surface area contributed by atoms with Crippen LogP contribution in [0.5, 0.6) is 0 Å². The first-order chi connectivity index (χ1) is 15.0.